The molecule has 132 valence electrons. The van der Waals surface area contributed by atoms with Crippen LogP contribution in [0.15, 0.2) is 48.9 Å². The van der Waals surface area contributed by atoms with Gasteiger partial charge < -0.3 is 10.1 Å². The largest absolute Gasteiger partial charge is 0.481 e. The lowest BCUT2D eigenvalue weighted by atomic mass is 10.0. The van der Waals surface area contributed by atoms with E-state index in [-0.39, 0.29) is 6.03 Å². The second-order valence-corrected chi connectivity index (χ2v) is 6.10. The van der Waals surface area contributed by atoms with Crippen LogP contribution in [0.2, 0.25) is 0 Å². The summed E-state index contributed by atoms with van der Waals surface area (Å²) >= 11 is 0. The average Bonchev–Trinajstić information content (AvgIpc) is 3.35. The molecule has 0 spiro atoms. The Morgan fingerprint density at radius 2 is 2.23 bits per heavy atom. The summed E-state index contributed by atoms with van der Waals surface area (Å²) in [4.78, 5) is 18.5. The van der Waals surface area contributed by atoms with E-state index in [1.165, 1.54) is 5.56 Å². The first kappa shape index (κ1) is 16.1. The van der Waals surface area contributed by atoms with E-state index in [4.69, 9.17) is 4.74 Å². The van der Waals surface area contributed by atoms with Gasteiger partial charge in [0.1, 0.15) is 0 Å². The number of nitrogens with one attached hydrogen (secondary N) is 2. The number of aromatic nitrogens is 3. The van der Waals surface area contributed by atoms with Crippen molar-refractivity contribution in [3.8, 4) is 17.0 Å². The van der Waals surface area contributed by atoms with Crippen molar-refractivity contribution in [3.05, 3.63) is 60.0 Å². The van der Waals surface area contributed by atoms with Crippen molar-refractivity contribution in [2.75, 3.05) is 18.6 Å². The number of aromatic amines is 1. The van der Waals surface area contributed by atoms with E-state index in [2.05, 4.69) is 26.6 Å². The smallest absolute Gasteiger partial charge is 0.322 e. The molecule has 3 aromatic rings. The Labute approximate surface area is 151 Å². The van der Waals surface area contributed by atoms with Crippen LogP contribution in [0.3, 0.4) is 0 Å². The summed E-state index contributed by atoms with van der Waals surface area (Å²) in [5.74, 6) is 0.537. The fourth-order valence-corrected chi connectivity index (χ4v) is 3.15. The van der Waals surface area contributed by atoms with Crippen LogP contribution in [0.25, 0.3) is 11.1 Å². The normalized spacial score (nSPS) is 12.7. The lowest BCUT2D eigenvalue weighted by molar-refractivity contribution is 0.246. The fraction of sp³-hybridized carbons (Fsp3) is 0.211. The third kappa shape index (κ3) is 3.11. The Balaban J connectivity index is 1.45. The van der Waals surface area contributed by atoms with Crippen molar-refractivity contribution in [1.29, 1.82) is 0 Å². The number of anilines is 1. The number of nitrogens with zero attached hydrogens (tertiary/aromatic N) is 3. The van der Waals surface area contributed by atoms with Crippen molar-refractivity contribution in [1.82, 2.24) is 20.5 Å². The number of carbonyl (C=O) groups excluding carboxylic acids is 1. The van der Waals surface area contributed by atoms with Crippen LogP contribution >= 0.6 is 0 Å². The third-order valence-electron chi connectivity index (χ3n) is 4.50. The molecule has 0 bridgehead atoms. The van der Waals surface area contributed by atoms with Crippen LogP contribution in [0, 0.1) is 0 Å². The van der Waals surface area contributed by atoms with Gasteiger partial charge in [-0.3, -0.25) is 10.00 Å². The SMILES string of the molecule is COc1cc(CNC(=O)N2CCc3cc(-c4cn[nH]c4)ccc32)ccn1. The highest BCUT2D eigenvalue weighted by atomic mass is 16.5. The number of pyridine rings is 1. The number of fused-ring (bicyclic) bond motifs is 1. The molecular weight excluding hydrogens is 330 g/mol. The average molecular weight is 349 g/mol. The van der Waals surface area contributed by atoms with Crippen LogP contribution in [0.4, 0.5) is 10.5 Å². The molecule has 4 rings (SSSR count). The summed E-state index contributed by atoms with van der Waals surface area (Å²) in [6.45, 7) is 1.10. The molecule has 0 fully saturated rings. The van der Waals surface area contributed by atoms with Crippen LogP contribution in [0.5, 0.6) is 5.88 Å². The van der Waals surface area contributed by atoms with Crippen molar-refractivity contribution < 1.29 is 9.53 Å². The first-order chi connectivity index (χ1) is 12.7. The van der Waals surface area contributed by atoms with Gasteiger partial charge in [-0.25, -0.2) is 9.78 Å². The summed E-state index contributed by atoms with van der Waals surface area (Å²) in [7, 11) is 1.57. The van der Waals surface area contributed by atoms with Gasteiger partial charge in [-0.2, -0.15) is 5.10 Å². The second-order valence-electron chi connectivity index (χ2n) is 6.10. The van der Waals surface area contributed by atoms with E-state index in [0.29, 0.717) is 19.0 Å². The van der Waals surface area contributed by atoms with E-state index >= 15 is 0 Å². The Morgan fingerprint density at radius 3 is 3.04 bits per heavy atom. The quantitative estimate of drug-likeness (QED) is 0.759. The van der Waals surface area contributed by atoms with E-state index in [1.54, 1.807) is 24.4 Å². The number of amides is 2. The van der Waals surface area contributed by atoms with E-state index in [1.807, 2.05) is 30.5 Å². The number of methoxy groups -OCH3 is 1. The predicted octanol–water partition coefficient (Wildman–Crippen LogP) is 2.75. The number of ether oxygens (including phenoxy) is 1. The van der Waals surface area contributed by atoms with Gasteiger partial charge in [0.25, 0.3) is 0 Å². The second kappa shape index (κ2) is 6.87. The highest BCUT2D eigenvalue weighted by molar-refractivity contribution is 5.94. The van der Waals surface area contributed by atoms with Crippen molar-refractivity contribution in [2.45, 2.75) is 13.0 Å². The molecule has 0 saturated carbocycles. The number of benzene rings is 1. The minimum atomic E-state index is -0.101. The molecule has 0 unspecified atom stereocenters. The molecule has 2 N–H and O–H groups in total. The molecule has 7 heteroatoms. The first-order valence-electron chi connectivity index (χ1n) is 8.41. The van der Waals surface area contributed by atoms with E-state index < -0.39 is 0 Å². The standard InChI is InChI=1S/C19H19N5O2/c1-26-18-8-13(4-6-20-18)10-21-19(25)24-7-5-15-9-14(2-3-17(15)24)16-11-22-23-12-16/h2-4,6,8-9,11-12H,5,7,10H2,1H3,(H,21,25)(H,22,23). The molecule has 2 aromatic heterocycles. The summed E-state index contributed by atoms with van der Waals surface area (Å²) in [6.07, 6.45) is 6.18. The predicted molar refractivity (Wildman–Crippen MR) is 98.1 cm³/mol. The Morgan fingerprint density at radius 1 is 1.31 bits per heavy atom. The van der Waals surface area contributed by atoms with Gasteiger partial charge >= 0.3 is 6.03 Å². The number of carbonyl (C=O) groups is 1. The van der Waals surface area contributed by atoms with Crippen molar-refractivity contribution in [3.63, 3.8) is 0 Å². The highest BCUT2D eigenvalue weighted by Gasteiger charge is 2.24. The molecule has 0 saturated heterocycles. The number of urea groups is 1. The van der Waals surface area contributed by atoms with Crippen LogP contribution in [-0.2, 0) is 13.0 Å². The third-order valence-corrected chi connectivity index (χ3v) is 4.50. The minimum absolute atomic E-state index is 0.101. The zero-order valence-corrected chi connectivity index (χ0v) is 14.4. The molecular formula is C19H19N5O2. The fourth-order valence-electron chi connectivity index (χ4n) is 3.15. The molecule has 3 heterocycles. The first-order valence-corrected chi connectivity index (χ1v) is 8.41. The number of H-pyrrole nitrogens is 1. The highest BCUT2D eigenvalue weighted by Crippen LogP contribution is 2.32. The summed E-state index contributed by atoms with van der Waals surface area (Å²) in [5, 5.41) is 9.78. The molecule has 1 aliphatic heterocycles. The maximum atomic E-state index is 12.6. The summed E-state index contributed by atoms with van der Waals surface area (Å²) in [6, 6.07) is 9.72. The van der Waals surface area contributed by atoms with E-state index in [9.17, 15) is 4.79 Å². The molecule has 1 aliphatic rings. The van der Waals surface area contributed by atoms with Crippen LogP contribution in [0.1, 0.15) is 11.1 Å². The Bertz CT molecular complexity index is 923. The number of hydrogen-bond acceptors (Lipinski definition) is 4. The van der Waals surface area contributed by atoms with Crippen molar-refractivity contribution >= 4 is 11.7 Å². The Kier molecular flexibility index (Phi) is 4.27. The van der Waals surface area contributed by atoms with Gasteiger partial charge in [0.15, 0.2) is 0 Å². The number of hydrogen-bond donors (Lipinski definition) is 2. The van der Waals surface area contributed by atoms with Crippen LogP contribution < -0.4 is 15.0 Å². The molecule has 2 amide bonds. The molecule has 0 atom stereocenters. The van der Waals surface area contributed by atoms with Gasteiger partial charge in [-0.05, 0) is 41.3 Å². The molecule has 0 radical (unpaired) electrons. The summed E-state index contributed by atoms with van der Waals surface area (Å²) < 4.78 is 5.11. The summed E-state index contributed by atoms with van der Waals surface area (Å²) in [5.41, 5.74) is 5.22. The monoisotopic (exact) mass is 349 g/mol. The van der Waals surface area contributed by atoms with Gasteiger partial charge in [-0.1, -0.05) is 6.07 Å². The maximum Gasteiger partial charge on any atom is 0.322 e. The minimum Gasteiger partial charge on any atom is -0.481 e. The maximum absolute atomic E-state index is 12.6. The zero-order chi connectivity index (χ0) is 17.9. The molecule has 26 heavy (non-hydrogen) atoms. The lowest BCUT2D eigenvalue weighted by Crippen LogP contribution is -2.38. The molecule has 1 aromatic carbocycles. The van der Waals surface area contributed by atoms with Crippen molar-refractivity contribution in [2.24, 2.45) is 0 Å². The van der Waals surface area contributed by atoms with Gasteiger partial charge in [0.2, 0.25) is 5.88 Å². The topological polar surface area (TPSA) is 83.1 Å². The Hall–Kier alpha value is -3.35. The zero-order valence-electron chi connectivity index (χ0n) is 14.4. The molecule has 0 aliphatic carbocycles. The molecule has 7 nitrogen and oxygen atoms in total. The van der Waals surface area contributed by atoms with Crippen LogP contribution in [-0.4, -0.2) is 34.9 Å². The van der Waals surface area contributed by atoms with Gasteiger partial charge in [0.05, 0.1) is 13.3 Å². The lowest BCUT2D eigenvalue weighted by Gasteiger charge is -2.18. The van der Waals surface area contributed by atoms with Gasteiger partial charge in [0, 0.05) is 42.8 Å². The van der Waals surface area contributed by atoms with Gasteiger partial charge in [-0.15, -0.1) is 0 Å². The van der Waals surface area contributed by atoms with E-state index in [0.717, 1.165) is 28.8 Å². The number of rotatable bonds is 4.